The van der Waals surface area contributed by atoms with Crippen molar-refractivity contribution in [2.45, 2.75) is 37.1 Å². The Bertz CT molecular complexity index is 1280. The number of sulfonamides is 1. The molecule has 1 saturated heterocycles. The van der Waals surface area contributed by atoms with Gasteiger partial charge >= 0.3 is 0 Å². The second-order valence-electron chi connectivity index (χ2n) is 7.33. The Morgan fingerprint density at radius 2 is 1.90 bits per heavy atom. The van der Waals surface area contributed by atoms with E-state index >= 15 is 0 Å². The van der Waals surface area contributed by atoms with E-state index in [1.807, 2.05) is 0 Å². The monoisotopic (exact) mass is 480 g/mol. The summed E-state index contributed by atoms with van der Waals surface area (Å²) in [5, 5.41) is 5.04. The highest BCUT2D eigenvalue weighted by molar-refractivity contribution is 7.89. The van der Waals surface area contributed by atoms with Crippen LogP contribution in [0.15, 0.2) is 45.7 Å². The molecule has 1 aliphatic rings. The number of carbonyl (C=O) groups is 1. The third-order valence-corrected chi connectivity index (χ3v) is 8.22. The highest BCUT2D eigenvalue weighted by Crippen LogP contribution is 2.28. The van der Waals surface area contributed by atoms with Gasteiger partial charge in [-0.2, -0.15) is 4.31 Å². The van der Waals surface area contributed by atoms with Crippen LogP contribution in [0.2, 0.25) is 5.02 Å². The summed E-state index contributed by atoms with van der Waals surface area (Å²) in [6, 6.07) is 5.92. The van der Waals surface area contributed by atoms with Crippen LogP contribution in [0.5, 0.6) is 0 Å². The number of anilines is 1. The molecule has 1 amide bonds. The number of carbonyl (C=O) groups excluding carboxylic acids is 1. The van der Waals surface area contributed by atoms with Crippen molar-refractivity contribution in [3.05, 3.63) is 51.3 Å². The summed E-state index contributed by atoms with van der Waals surface area (Å²) in [4.78, 5) is 29.9. The van der Waals surface area contributed by atoms with E-state index in [0.717, 1.165) is 25.7 Å². The second-order valence-corrected chi connectivity index (χ2v) is 10.6. The minimum Gasteiger partial charge on any atom is -0.323 e. The van der Waals surface area contributed by atoms with Crippen LogP contribution in [0.4, 0.5) is 5.69 Å². The van der Waals surface area contributed by atoms with Crippen molar-refractivity contribution in [2.24, 2.45) is 0 Å². The molecule has 1 fully saturated rings. The van der Waals surface area contributed by atoms with Crippen LogP contribution in [0.25, 0.3) is 10.2 Å². The van der Waals surface area contributed by atoms with Crippen LogP contribution in [0.3, 0.4) is 0 Å². The number of rotatable bonds is 5. The number of thiophene rings is 1. The van der Waals surface area contributed by atoms with Gasteiger partial charge in [0, 0.05) is 13.1 Å². The molecular formula is C20H21ClN4O4S2. The molecular weight excluding hydrogens is 460 g/mol. The van der Waals surface area contributed by atoms with E-state index in [0.29, 0.717) is 23.3 Å². The molecule has 3 heterocycles. The summed E-state index contributed by atoms with van der Waals surface area (Å²) in [6.07, 6.45) is 5.00. The second kappa shape index (κ2) is 9.07. The molecule has 164 valence electrons. The molecule has 0 unspecified atom stereocenters. The number of halogens is 1. The normalized spacial score (nSPS) is 15.6. The van der Waals surface area contributed by atoms with Crippen molar-refractivity contribution in [2.75, 3.05) is 18.4 Å². The topological polar surface area (TPSA) is 101 Å². The fourth-order valence-electron chi connectivity index (χ4n) is 3.54. The minimum absolute atomic E-state index is 0.0765. The van der Waals surface area contributed by atoms with E-state index in [-0.39, 0.29) is 27.7 Å². The first kappa shape index (κ1) is 21.9. The van der Waals surface area contributed by atoms with Gasteiger partial charge in [0.1, 0.15) is 11.4 Å². The number of amides is 1. The maximum absolute atomic E-state index is 13.0. The van der Waals surface area contributed by atoms with Gasteiger partial charge in [0.2, 0.25) is 15.9 Å². The number of aromatic nitrogens is 2. The quantitative estimate of drug-likeness (QED) is 0.603. The third kappa shape index (κ3) is 4.67. The summed E-state index contributed by atoms with van der Waals surface area (Å²) < 4.78 is 28.8. The van der Waals surface area contributed by atoms with Crippen LogP contribution >= 0.6 is 22.9 Å². The maximum atomic E-state index is 13.0. The van der Waals surface area contributed by atoms with Gasteiger partial charge in [-0.25, -0.2) is 13.4 Å². The van der Waals surface area contributed by atoms with Gasteiger partial charge in [-0.15, -0.1) is 11.3 Å². The van der Waals surface area contributed by atoms with Gasteiger partial charge in [0.05, 0.1) is 27.3 Å². The number of hydrogen-bond acceptors (Lipinski definition) is 6. The molecule has 0 bridgehead atoms. The predicted octanol–water partition coefficient (Wildman–Crippen LogP) is 3.31. The SMILES string of the molecule is O=C(Cn1cnc2sccc2c1=O)Nc1cc(S(=O)(=O)N2CCCCCC2)ccc1Cl. The van der Waals surface area contributed by atoms with Crippen molar-refractivity contribution in [1.82, 2.24) is 13.9 Å². The van der Waals surface area contributed by atoms with Crippen molar-refractivity contribution >= 4 is 54.8 Å². The lowest BCUT2D eigenvalue weighted by Gasteiger charge is -2.20. The standard InChI is InChI=1S/C20H21ClN4O4S2/c21-16-6-5-14(31(28,29)25-8-3-1-2-4-9-25)11-17(16)23-18(26)12-24-13-22-19-15(20(24)27)7-10-30-19/h5-7,10-11,13H,1-4,8-9,12H2,(H,23,26). The third-order valence-electron chi connectivity index (χ3n) is 5.18. The molecule has 1 aromatic carbocycles. The van der Waals surface area contributed by atoms with Gasteiger partial charge in [-0.3, -0.25) is 14.2 Å². The minimum atomic E-state index is -3.68. The van der Waals surface area contributed by atoms with Crippen LogP contribution < -0.4 is 10.9 Å². The number of benzene rings is 1. The molecule has 0 radical (unpaired) electrons. The zero-order valence-electron chi connectivity index (χ0n) is 16.6. The Hall–Kier alpha value is -2.27. The summed E-state index contributed by atoms with van der Waals surface area (Å²) >= 11 is 7.54. The Morgan fingerprint density at radius 3 is 2.65 bits per heavy atom. The molecule has 0 spiro atoms. The fourth-order valence-corrected chi connectivity index (χ4v) is 5.97. The van der Waals surface area contributed by atoms with Gasteiger partial charge in [0.15, 0.2) is 0 Å². The molecule has 3 aromatic rings. The summed E-state index contributed by atoms with van der Waals surface area (Å²) in [6.45, 7) is 0.693. The van der Waals surface area contributed by atoms with E-state index in [1.54, 1.807) is 11.4 Å². The predicted molar refractivity (Wildman–Crippen MR) is 121 cm³/mol. The number of fused-ring (bicyclic) bond motifs is 1. The Balaban J connectivity index is 1.54. The van der Waals surface area contributed by atoms with Crippen molar-refractivity contribution in [1.29, 1.82) is 0 Å². The average Bonchev–Trinajstić information content (AvgIpc) is 3.05. The number of nitrogens with one attached hydrogen (secondary N) is 1. The lowest BCUT2D eigenvalue weighted by Crippen LogP contribution is -2.32. The highest BCUT2D eigenvalue weighted by Gasteiger charge is 2.26. The number of nitrogens with zero attached hydrogens (tertiary/aromatic N) is 3. The van der Waals surface area contributed by atoms with E-state index in [1.165, 1.54) is 44.7 Å². The zero-order chi connectivity index (χ0) is 22.0. The number of hydrogen-bond donors (Lipinski definition) is 1. The Labute approximate surface area is 188 Å². The first-order valence-electron chi connectivity index (χ1n) is 9.88. The Morgan fingerprint density at radius 1 is 1.16 bits per heavy atom. The lowest BCUT2D eigenvalue weighted by molar-refractivity contribution is -0.116. The maximum Gasteiger partial charge on any atom is 0.262 e. The summed E-state index contributed by atoms with van der Waals surface area (Å²) in [5.41, 5.74) is -0.134. The summed E-state index contributed by atoms with van der Waals surface area (Å²) in [7, 11) is -3.68. The summed E-state index contributed by atoms with van der Waals surface area (Å²) in [5.74, 6) is -0.510. The fraction of sp³-hybridized carbons (Fsp3) is 0.350. The van der Waals surface area contributed by atoms with Crippen LogP contribution in [0.1, 0.15) is 25.7 Å². The molecule has 8 nitrogen and oxygen atoms in total. The van der Waals surface area contributed by atoms with Crippen LogP contribution in [-0.2, 0) is 21.4 Å². The average molecular weight is 481 g/mol. The molecule has 2 aromatic heterocycles. The van der Waals surface area contributed by atoms with Gasteiger partial charge < -0.3 is 5.32 Å². The van der Waals surface area contributed by atoms with E-state index in [2.05, 4.69) is 10.3 Å². The molecule has 31 heavy (non-hydrogen) atoms. The molecule has 0 atom stereocenters. The molecule has 1 N–H and O–H groups in total. The van der Waals surface area contributed by atoms with Crippen molar-refractivity contribution < 1.29 is 13.2 Å². The van der Waals surface area contributed by atoms with Gasteiger partial charge in [0.25, 0.3) is 5.56 Å². The Kier molecular flexibility index (Phi) is 6.42. The largest absolute Gasteiger partial charge is 0.323 e. The molecule has 11 heteroatoms. The first-order valence-corrected chi connectivity index (χ1v) is 12.6. The first-order chi connectivity index (χ1) is 14.9. The van der Waals surface area contributed by atoms with E-state index < -0.39 is 15.9 Å². The molecule has 1 aliphatic heterocycles. The van der Waals surface area contributed by atoms with Crippen molar-refractivity contribution in [3.63, 3.8) is 0 Å². The smallest absolute Gasteiger partial charge is 0.262 e. The van der Waals surface area contributed by atoms with Gasteiger partial charge in [-0.05, 0) is 42.5 Å². The van der Waals surface area contributed by atoms with Crippen molar-refractivity contribution in [3.8, 4) is 0 Å². The lowest BCUT2D eigenvalue weighted by atomic mass is 10.2. The van der Waals surface area contributed by atoms with E-state index in [4.69, 9.17) is 11.6 Å². The molecule has 0 saturated carbocycles. The van der Waals surface area contributed by atoms with Crippen LogP contribution in [-0.4, -0.2) is 41.3 Å². The van der Waals surface area contributed by atoms with Crippen LogP contribution in [0, 0.1) is 0 Å². The zero-order valence-corrected chi connectivity index (χ0v) is 19.0. The van der Waals surface area contributed by atoms with E-state index in [9.17, 15) is 18.0 Å². The van der Waals surface area contributed by atoms with Gasteiger partial charge in [-0.1, -0.05) is 24.4 Å². The highest BCUT2D eigenvalue weighted by atomic mass is 35.5. The molecule has 0 aliphatic carbocycles. The molecule has 4 rings (SSSR count).